The lowest BCUT2D eigenvalue weighted by atomic mass is 10.1. The van der Waals surface area contributed by atoms with E-state index in [1.807, 2.05) is 12.1 Å². The monoisotopic (exact) mass is 408 g/mol. The molecular formula is C23H28N4OS. The van der Waals surface area contributed by atoms with Crippen molar-refractivity contribution in [2.45, 2.75) is 38.8 Å². The highest BCUT2D eigenvalue weighted by Crippen LogP contribution is 2.23. The van der Waals surface area contributed by atoms with Gasteiger partial charge in [-0.15, -0.1) is 10.2 Å². The van der Waals surface area contributed by atoms with E-state index < -0.39 is 0 Å². The number of carbonyl (C=O) groups excluding carboxylic acids is 1. The fourth-order valence-corrected chi connectivity index (χ4v) is 3.78. The van der Waals surface area contributed by atoms with Crippen LogP contribution in [0, 0.1) is 12.8 Å². The standard InChI is InChI=1S/C23H28N4OS/c1-17(2)15-24-22(28)16-29-23-26-25-21(13-12-19-9-5-4-6-10-19)27(23)20-11-7-8-18(3)14-20/h4-11,14,17H,12-13,15-16H2,1-3H3,(H,24,28). The molecule has 6 heteroatoms. The van der Waals surface area contributed by atoms with Crippen LogP contribution in [0.1, 0.15) is 30.8 Å². The lowest BCUT2D eigenvalue weighted by Crippen LogP contribution is -2.28. The molecule has 5 nitrogen and oxygen atoms in total. The van der Waals surface area contributed by atoms with Gasteiger partial charge >= 0.3 is 0 Å². The van der Waals surface area contributed by atoms with Crippen molar-refractivity contribution < 1.29 is 4.79 Å². The topological polar surface area (TPSA) is 59.8 Å². The Hall–Kier alpha value is -2.60. The van der Waals surface area contributed by atoms with Crippen LogP contribution in [0.15, 0.2) is 59.8 Å². The number of hydrogen-bond donors (Lipinski definition) is 1. The molecule has 0 spiro atoms. The second-order valence-electron chi connectivity index (χ2n) is 7.55. The molecule has 0 aliphatic carbocycles. The van der Waals surface area contributed by atoms with E-state index in [9.17, 15) is 4.79 Å². The minimum Gasteiger partial charge on any atom is -0.355 e. The molecule has 0 saturated carbocycles. The number of thioether (sulfide) groups is 1. The molecule has 0 saturated heterocycles. The SMILES string of the molecule is Cc1cccc(-n2c(CCc3ccccc3)nnc2SCC(=O)NCC(C)C)c1. The van der Waals surface area contributed by atoms with Crippen LogP contribution in [0.25, 0.3) is 5.69 Å². The van der Waals surface area contributed by atoms with Crippen LogP contribution in [-0.4, -0.2) is 33.0 Å². The highest BCUT2D eigenvalue weighted by molar-refractivity contribution is 7.99. The average molecular weight is 409 g/mol. The largest absolute Gasteiger partial charge is 0.355 e. The molecule has 0 fully saturated rings. The summed E-state index contributed by atoms with van der Waals surface area (Å²) in [5.41, 5.74) is 3.48. The fourth-order valence-electron chi connectivity index (χ4n) is 2.98. The van der Waals surface area contributed by atoms with Gasteiger partial charge in [0.05, 0.1) is 5.75 Å². The Morgan fingerprint density at radius 3 is 2.59 bits per heavy atom. The van der Waals surface area contributed by atoms with Crippen LogP contribution in [0.2, 0.25) is 0 Å². The second-order valence-corrected chi connectivity index (χ2v) is 8.49. The first-order chi connectivity index (χ1) is 14.0. The number of benzene rings is 2. The first-order valence-electron chi connectivity index (χ1n) is 9.97. The van der Waals surface area contributed by atoms with E-state index in [0.29, 0.717) is 18.2 Å². The number of aromatic nitrogens is 3. The number of nitrogens with zero attached hydrogens (tertiary/aromatic N) is 3. The van der Waals surface area contributed by atoms with E-state index in [4.69, 9.17) is 0 Å². The molecule has 0 bridgehead atoms. The van der Waals surface area contributed by atoms with Gasteiger partial charge in [0.15, 0.2) is 5.16 Å². The molecule has 152 valence electrons. The third-order valence-electron chi connectivity index (χ3n) is 4.48. The predicted octanol–water partition coefficient (Wildman–Crippen LogP) is 4.23. The van der Waals surface area contributed by atoms with Crippen molar-refractivity contribution in [1.82, 2.24) is 20.1 Å². The van der Waals surface area contributed by atoms with Gasteiger partial charge in [0, 0.05) is 18.7 Å². The molecule has 0 atom stereocenters. The van der Waals surface area contributed by atoms with Gasteiger partial charge in [-0.2, -0.15) is 0 Å². The van der Waals surface area contributed by atoms with E-state index in [1.54, 1.807) is 0 Å². The van der Waals surface area contributed by atoms with Crippen LogP contribution in [0.5, 0.6) is 0 Å². The molecule has 0 radical (unpaired) electrons. The molecule has 0 aliphatic heterocycles. The first-order valence-corrected chi connectivity index (χ1v) is 11.0. The maximum Gasteiger partial charge on any atom is 0.230 e. The van der Waals surface area contributed by atoms with Gasteiger partial charge in [-0.25, -0.2) is 0 Å². The summed E-state index contributed by atoms with van der Waals surface area (Å²) in [7, 11) is 0. The number of rotatable bonds is 9. The molecule has 0 unspecified atom stereocenters. The summed E-state index contributed by atoms with van der Waals surface area (Å²) in [6.07, 6.45) is 1.68. The zero-order chi connectivity index (χ0) is 20.6. The molecule has 2 aromatic carbocycles. The summed E-state index contributed by atoms with van der Waals surface area (Å²) in [4.78, 5) is 12.2. The van der Waals surface area contributed by atoms with Crippen LogP contribution >= 0.6 is 11.8 Å². The molecular weight excluding hydrogens is 380 g/mol. The average Bonchev–Trinajstić information content (AvgIpc) is 3.13. The molecule has 0 aliphatic rings. The van der Waals surface area contributed by atoms with Gasteiger partial charge in [0.2, 0.25) is 5.91 Å². The minimum absolute atomic E-state index is 0.0216. The molecule has 3 rings (SSSR count). The smallest absolute Gasteiger partial charge is 0.230 e. The van der Waals surface area contributed by atoms with Crippen LogP contribution < -0.4 is 5.32 Å². The lowest BCUT2D eigenvalue weighted by molar-refractivity contribution is -0.118. The highest BCUT2D eigenvalue weighted by atomic mass is 32.2. The third kappa shape index (κ3) is 6.19. The van der Waals surface area contributed by atoms with Gasteiger partial charge in [0.1, 0.15) is 5.82 Å². The summed E-state index contributed by atoms with van der Waals surface area (Å²) in [5, 5.41) is 12.6. The fraction of sp³-hybridized carbons (Fsp3) is 0.348. The number of carbonyl (C=O) groups is 1. The Kier molecular flexibility index (Phi) is 7.47. The Labute approximate surface area is 176 Å². The Morgan fingerprint density at radius 1 is 1.07 bits per heavy atom. The summed E-state index contributed by atoms with van der Waals surface area (Å²) in [6, 6.07) is 18.7. The maximum absolute atomic E-state index is 12.2. The minimum atomic E-state index is 0.0216. The van der Waals surface area contributed by atoms with E-state index in [2.05, 4.69) is 83.3 Å². The number of aryl methyl sites for hydroxylation is 3. The van der Waals surface area contributed by atoms with Crippen LogP contribution in [-0.2, 0) is 17.6 Å². The summed E-state index contributed by atoms with van der Waals surface area (Å²) in [5.74, 6) is 1.69. The van der Waals surface area contributed by atoms with Crippen molar-refractivity contribution in [1.29, 1.82) is 0 Å². The Morgan fingerprint density at radius 2 is 1.86 bits per heavy atom. The van der Waals surface area contributed by atoms with Crippen LogP contribution in [0.4, 0.5) is 0 Å². The van der Waals surface area contributed by atoms with Crippen molar-refractivity contribution in [3.05, 3.63) is 71.5 Å². The normalized spacial score (nSPS) is 11.0. The zero-order valence-electron chi connectivity index (χ0n) is 17.3. The number of nitrogens with one attached hydrogen (secondary N) is 1. The highest BCUT2D eigenvalue weighted by Gasteiger charge is 2.16. The van der Waals surface area contributed by atoms with Gasteiger partial charge in [-0.05, 0) is 42.5 Å². The lowest BCUT2D eigenvalue weighted by Gasteiger charge is -2.11. The molecule has 29 heavy (non-hydrogen) atoms. The second kappa shape index (κ2) is 10.3. The molecule has 3 aromatic rings. The van der Waals surface area contributed by atoms with Crippen molar-refractivity contribution in [3.63, 3.8) is 0 Å². The molecule has 1 aromatic heterocycles. The van der Waals surface area contributed by atoms with E-state index >= 15 is 0 Å². The van der Waals surface area contributed by atoms with Gasteiger partial charge in [0.25, 0.3) is 0 Å². The maximum atomic E-state index is 12.2. The van der Waals surface area contributed by atoms with Gasteiger partial charge in [-0.3, -0.25) is 9.36 Å². The van der Waals surface area contributed by atoms with Crippen LogP contribution in [0.3, 0.4) is 0 Å². The molecule has 1 heterocycles. The Balaban J connectivity index is 1.78. The van der Waals surface area contributed by atoms with Gasteiger partial charge in [-0.1, -0.05) is 68.1 Å². The Bertz CT molecular complexity index is 937. The number of amides is 1. The molecule has 1 N–H and O–H groups in total. The first kappa shape index (κ1) is 21.1. The van der Waals surface area contributed by atoms with E-state index in [0.717, 1.165) is 29.5 Å². The van der Waals surface area contributed by atoms with E-state index in [1.165, 1.54) is 22.9 Å². The van der Waals surface area contributed by atoms with Crippen molar-refractivity contribution in [3.8, 4) is 5.69 Å². The quantitative estimate of drug-likeness (QED) is 0.539. The van der Waals surface area contributed by atoms with E-state index in [-0.39, 0.29) is 5.91 Å². The summed E-state index contributed by atoms with van der Waals surface area (Å²) >= 11 is 1.43. The van der Waals surface area contributed by atoms with Crippen molar-refractivity contribution in [2.24, 2.45) is 5.92 Å². The summed E-state index contributed by atoms with van der Waals surface area (Å²) < 4.78 is 2.08. The van der Waals surface area contributed by atoms with Gasteiger partial charge < -0.3 is 5.32 Å². The van der Waals surface area contributed by atoms with Crippen molar-refractivity contribution in [2.75, 3.05) is 12.3 Å². The summed E-state index contributed by atoms with van der Waals surface area (Å²) in [6.45, 7) is 6.93. The van der Waals surface area contributed by atoms with Crippen molar-refractivity contribution >= 4 is 17.7 Å². The zero-order valence-corrected chi connectivity index (χ0v) is 18.1. The molecule has 1 amide bonds. The predicted molar refractivity (Wildman–Crippen MR) is 119 cm³/mol. The third-order valence-corrected chi connectivity index (χ3v) is 5.41. The number of hydrogen-bond acceptors (Lipinski definition) is 4.